The highest BCUT2D eigenvalue weighted by atomic mass is 19.1. The molecule has 1 aromatic carbocycles. The standard InChI is InChI=1S/C16H19FN4O2/c1-18-15(22)12-6-11(14(17)13(7-12)23-3)5-4-10-8-20-16(19-2)21-9-10/h6-9H,4-5H2,1-3H3,(H,18,22)(H,19,20,21). The maximum absolute atomic E-state index is 14.3. The number of aryl methyl sites for hydroxylation is 2. The van der Waals surface area contributed by atoms with Crippen LogP contribution in [0.25, 0.3) is 0 Å². The van der Waals surface area contributed by atoms with Gasteiger partial charge in [0.15, 0.2) is 11.6 Å². The second-order valence-corrected chi connectivity index (χ2v) is 4.90. The normalized spacial score (nSPS) is 10.3. The topological polar surface area (TPSA) is 76.1 Å². The summed E-state index contributed by atoms with van der Waals surface area (Å²) in [5.41, 5.74) is 1.66. The molecule has 2 aromatic rings. The molecule has 7 heteroatoms. The molecule has 1 amide bonds. The number of methoxy groups -OCH3 is 1. The van der Waals surface area contributed by atoms with Gasteiger partial charge in [-0.3, -0.25) is 4.79 Å². The first-order valence-electron chi connectivity index (χ1n) is 7.16. The number of ether oxygens (including phenoxy) is 1. The van der Waals surface area contributed by atoms with Crippen molar-refractivity contribution < 1.29 is 13.9 Å². The molecule has 0 aliphatic carbocycles. The molecular weight excluding hydrogens is 299 g/mol. The molecule has 0 aliphatic rings. The highest BCUT2D eigenvalue weighted by molar-refractivity contribution is 5.94. The summed E-state index contributed by atoms with van der Waals surface area (Å²) in [6, 6.07) is 2.93. The zero-order chi connectivity index (χ0) is 16.8. The lowest BCUT2D eigenvalue weighted by atomic mass is 10.0. The molecule has 0 radical (unpaired) electrons. The fourth-order valence-electron chi connectivity index (χ4n) is 2.15. The van der Waals surface area contributed by atoms with Crippen LogP contribution in [0.1, 0.15) is 21.5 Å². The summed E-state index contributed by atoms with van der Waals surface area (Å²) < 4.78 is 19.4. The first-order valence-corrected chi connectivity index (χ1v) is 7.16. The molecule has 1 heterocycles. The third-order valence-electron chi connectivity index (χ3n) is 3.44. The predicted octanol–water partition coefficient (Wildman–Crippen LogP) is 1.81. The van der Waals surface area contributed by atoms with E-state index in [4.69, 9.17) is 4.74 Å². The van der Waals surface area contributed by atoms with Crippen molar-refractivity contribution in [3.8, 4) is 5.75 Å². The summed E-state index contributed by atoms with van der Waals surface area (Å²) in [5, 5.41) is 5.36. The van der Waals surface area contributed by atoms with Crippen molar-refractivity contribution in [2.45, 2.75) is 12.8 Å². The first kappa shape index (κ1) is 16.7. The Balaban J connectivity index is 2.21. The van der Waals surface area contributed by atoms with Crippen LogP contribution in [0.3, 0.4) is 0 Å². The van der Waals surface area contributed by atoms with Crippen LogP contribution in [-0.4, -0.2) is 37.1 Å². The number of hydrogen-bond acceptors (Lipinski definition) is 5. The molecule has 2 rings (SSSR count). The minimum atomic E-state index is -0.451. The van der Waals surface area contributed by atoms with E-state index < -0.39 is 5.82 Å². The number of nitrogens with one attached hydrogen (secondary N) is 2. The van der Waals surface area contributed by atoms with Crippen LogP contribution in [0.5, 0.6) is 5.75 Å². The van der Waals surface area contributed by atoms with Crippen molar-refractivity contribution in [1.82, 2.24) is 15.3 Å². The van der Waals surface area contributed by atoms with E-state index in [1.165, 1.54) is 20.2 Å². The Morgan fingerprint density at radius 1 is 1.22 bits per heavy atom. The Labute approximate surface area is 134 Å². The molecule has 0 spiro atoms. The fraction of sp³-hybridized carbons (Fsp3) is 0.312. The molecule has 6 nitrogen and oxygen atoms in total. The van der Waals surface area contributed by atoms with Gasteiger partial charge in [0.2, 0.25) is 5.95 Å². The van der Waals surface area contributed by atoms with Crippen molar-refractivity contribution in [3.63, 3.8) is 0 Å². The summed E-state index contributed by atoms with van der Waals surface area (Å²) in [6.07, 6.45) is 4.35. The number of hydrogen-bond donors (Lipinski definition) is 2. The molecule has 0 aliphatic heterocycles. The molecule has 0 bridgehead atoms. The summed E-state index contributed by atoms with van der Waals surface area (Å²) in [7, 11) is 4.64. The highest BCUT2D eigenvalue weighted by Gasteiger charge is 2.15. The minimum absolute atomic E-state index is 0.0582. The maximum atomic E-state index is 14.3. The van der Waals surface area contributed by atoms with Gasteiger partial charge in [-0.2, -0.15) is 0 Å². The maximum Gasteiger partial charge on any atom is 0.251 e. The molecule has 122 valence electrons. The summed E-state index contributed by atoms with van der Waals surface area (Å²) in [5.74, 6) is -0.148. The molecule has 0 saturated carbocycles. The van der Waals surface area contributed by atoms with Gasteiger partial charge in [-0.1, -0.05) is 0 Å². The number of rotatable bonds is 6. The number of aromatic nitrogens is 2. The Morgan fingerprint density at radius 2 is 1.91 bits per heavy atom. The summed E-state index contributed by atoms with van der Waals surface area (Å²) >= 11 is 0. The van der Waals surface area contributed by atoms with E-state index in [-0.39, 0.29) is 11.7 Å². The lowest BCUT2D eigenvalue weighted by Gasteiger charge is -2.11. The van der Waals surface area contributed by atoms with Gasteiger partial charge in [0.25, 0.3) is 5.91 Å². The van der Waals surface area contributed by atoms with E-state index in [0.717, 1.165) is 5.56 Å². The van der Waals surface area contributed by atoms with Crippen LogP contribution >= 0.6 is 0 Å². The van der Waals surface area contributed by atoms with E-state index >= 15 is 0 Å². The number of carbonyl (C=O) groups excluding carboxylic acids is 1. The van der Waals surface area contributed by atoms with Gasteiger partial charge in [0.1, 0.15) is 0 Å². The van der Waals surface area contributed by atoms with Crippen molar-refractivity contribution in [2.24, 2.45) is 0 Å². The zero-order valence-corrected chi connectivity index (χ0v) is 13.3. The number of halogens is 1. The van der Waals surface area contributed by atoms with Crippen molar-refractivity contribution in [3.05, 3.63) is 47.0 Å². The number of nitrogens with zero attached hydrogens (tertiary/aromatic N) is 2. The van der Waals surface area contributed by atoms with E-state index in [1.807, 2.05) is 0 Å². The zero-order valence-electron chi connectivity index (χ0n) is 13.3. The van der Waals surface area contributed by atoms with Gasteiger partial charge < -0.3 is 15.4 Å². The lowest BCUT2D eigenvalue weighted by Crippen LogP contribution is -2.18. The largest absolute Gasteiger partial charge is 0.494 e. The monoisotopic (exact) mass is 318 g/mol. The van der Waals surface area contributed by atoms with Crippen LogP contribution in [0.2, 0.25) is 0 Å². The molecular formula is C16H19FN4O2. The Kier molecular flexibility index (Phi) is 5.46. The smallest absolute Gasteiger partial charge is 0.251 e. The van der Waals surface area contributed by atoms with Gasteiger partial charge in [0.05, 0.1) is 7.11 Å². The average Bonchev–Trinajstić information content (AvgIpc) is 2.60. The van der Waals surface area contributed by atoms with Gasteiger partial charge in [-0.05, 0) is 36.1 Å². The molecule has 23 heavy (non-hydrogen) atoms. The third kappa shape index (κ3) is 3.94. The molecule has 0 atom stereocenters. The van der Waals surface area contributed by atoms with E-state index in [2.05, 4.69) is 20.6 Å². The van der Waals surface area contributed by atoms with Gasteiger partial charge in [-0.15, -0.1) is 0 Å². The molecule has 0 saturated heterocycles. The van der Waals surface area contributed by atoms with Gasteiger partial charge >= 0.3 is 0 Å². The second-order valence-electron chi connectivity index (χ2n) is 4.90. The molecule has 2 N–H and O–H groups in total. The minimum Gasteiger partial charge on any atom is -0.494 e. The molecule has 1 aromatic heterocycles. The average molecular weight is 318 g/mol. The van der Waals surface area contributed by atoms with Crippen molar-refractivity contribution in [1.29, 1.82) is 0 Å². The van der Waals surface area contributed by atoms with Crippen LogP contribution in [-0.2, 0) is 12.8 Å². The number of benzene rings is 1. The number of carbonyl (C=O) groups is 1. The van der Waals surface area contributed by atoms with Crippen LogP contribution in [0.15, 0.2) is 24.5 Å². The van der Waals surface area contributed by atoms with Crippen LogP contribution < -0.4 is 15.4 Å². The number of amides is 1. The quantitative estimate of drug-likeness (QED) is 0.849. The SMILES string of the molecule is CNC(=O)c1cc(CCc2cnc(NC)nc2)c(F)c(OC)c1. The lowest BCUT2D eigenvalue weighted by molar-refractivity contribution is 0.0962. The number of anilines is 1. The van der Waals surface area contributed by atoms with Crippen molar-refractivity contribution >= 4 is 11.9 Å². The van der Waals surface area contributed by atoms with Crippen LogP contribution in [0.4, 0.5) is 10.3 Å². The van der Waals surface area contributed by atoms with Crippen LogP contribution in [0, 0.1) is 5.82 Å². The Morgan fingerprint density at radius 3 is 2.48 bits per heavy atom. The Hall–Kier alpha value is -2.70. The third-order valence-corrected chi connectivity index (χ3v) is 3.44. The van der Waals surface area contributed by atoms with E-state index in [1.54, 1.807) is 25.5 Å². The van der Waals surface area contributed by atoms with Gasteiger partial charge in [0, 0.05) is 32.1 Å². The van der Waals surface area contributed by atoms with Crippen molar-refractivity contribution in [2.75, 3.05) is 26.5 Å². The van der Waals surface area contributed by atoms with E-state index in [0.29, 0.717) is 29.9 Å². The predicted molar refractivity (Wildman–Crippen MR) is 85.3 cm³/mol. The molecule has 0 unspecified atom stereocenters. The second kappa shape index (κ2) is 7.53. The summed E-state index contributed by atoms with van der Waals surface area (Å²) in [4.78, 5) is 20.0. The summed E-state index contributed by atoms with van der Waals surface area (Å²) in [6.45, 7) is 0. The van der Waals surface area contributed by atoms with E-state index in [9.17, 15) is 9.18 Å². The Bertz CT molecular complexity index is 689. The molecule has 0 fully saturated rings. The first-order chi connectivity index (χ1) is 11.1. The fourth-order valence-corrected chi connectivity index (χ4v) is 2.15. The highest BCUT2D eigenvalue weighted by Crippen LogP contribution is 2.24. The van der Waals surface area contributed by atoms with Gasteiger partial charge in [-0.25, -0.2) is 14.4 Å².